The smallest absolute Gasteiger partial charge is 0.173 e. The molecule has 0 bridgehead atoms. The second kappa shape index (κ2) is 5.58. The van der Waals surface area contributed by atoms with Crippen molar-refractivity contribution in [3.05, 3.63) is 58.9 Å². The number of nitrogens with two attached hydrogens (primary N) is 1. The van der Waals surface area contributed by atoms with Gasteiger partial charge in [-0.1, -0.05) is 16.8 Å². The van der Waals surface area contributed by atoms with Crippen LogP contribution in [0.25, 0.3) is 0 Å². The molecule has 2 aromatic carbocycles. The molecule has 98 valence electrons. The normalized spacial score (nSPS) is 11.4. The Labute approximate surface area is 113 Å². The van der Waals surface area contributed by atoms with Gasteiger partial charge in [0.2, 0.25) is 0 Å². The first kappa shape index (κ1) is 13.2. The molecule has 6 heteroatoms. The molecular weight excluding hydrogens is 271 g/mol. The van der Waals surface area contributed by atoms with E-state index >= 15 is 0 Å². The lowest BCUT2D eigenvalue weighted by Crippen LogP contribution is -2.14. The van der Waals surface area contributed by atoms with Crippen molar-refractivity contribution in [1.29, 1.82) is 0 Å². The molecule has 0 aliphatic rings. The molecule has 4 nitrogen and oxygen atoms in total. The van der Waals surface area contributed by atoms with Gasteiger partial charge < -0.3 is 15.7 Å². The molecule has 0 aliphatic heterocycles. The van der Waals surface area contributed by atoms with E-state index in [2.05, 4.69) is 5.16 Å². The summed E-state index contributed by atoms with van der Waals surface area (Å²) in [7, 11) is 0. The van der Waals surface area contributed by atoms with Gasteiger partial charge in [0.15, 0.2) is 5.84 Å². The van der Waals surface area contributed by atoms with Crippen LogP contribution in [-0.2, 0) is 0 Å². The van der Waals surface area contributed by atoms with Gasteiger partial charge in [0, 0.05) is 5.02 Å². The zero-order chi connectivity index (χ0) is 13.8. The molecule has 19 heavy (non-hydrogen) atoms. The minimum atomic E-state index is -0.509. The molecule has 0 unspecified atom stereocenters. The van der Waals surface area contributed by atoms with Crippen LogP contribution in [0.2, 0.25) is 5.02 Å². The Morgan fingerprint density at radius 3 is 2.53 bits per heavy atom. The maximum Gasteiger partial charge on any atom is 0.173 e. The predicted molar refractivity (Wildman–Crippen MR) is 70.4 cm³/mol. The second-order valence-electron chi connectivity index (χ2n) is 3.68. The van der Waals surface area contributed by atoms with Crippen molar-refractivity contribution in [1.82, 2.24) is 0 Å². The number of nitrogens with zero attached hydrogens (tertiary/aromatic N) is 1. The maximum atomic E-state index is 13.2. The molecule has 0 heterocycles. The van der Waals surface area contributed by atoms with Crippen LogP contribution in [0.1, 0.15) is 5.56 Å². The number of rotatable bonds is 3. The highest BCUT2D eigenvalue weighted by Crippen LogP contribution is 2.27. The Bertz CT molecular complexity index is 615. The number of hydrogen-bond acceptors (Lipinski definition) is 3. The van der Waals surface area contributed by atoms with Gasteiger partial charge in [-0.15, -0.1) is 0 Å². The van der Waals surface area contributed by atoms with E-state index in [1.807, 2.05) is 0 Å². The van der Waals surface area contributed by atoms with Gasteiger partial charge in [-0.2, -0.15) is 0 Å². The lowest BCUT2D eigenvalue weighted by molar-refractivity contribution is 0.318. The number of halogens is 2. The molecule has 0 amide bonds. The molecule has 0 aromatic heterocycles. The van der Waals surface area contributed by atoms with Crippen molar-refractivity contribution >= 4 is 17.4 Å². The van der Waals surface area contributed by atoms with Crippen LogP contribution in [0, 0.1) is 5.82 Å². The molecule has 0 fully saturated rings. The Morgan fingerprint density at radius 2 is 1.89 bits per heavy atom. The number of ether oxygens (including phenoxy) is 1. The van der Waals surface area contributed by atoms with Crippen molar-refractivity contribution in [3.8, 4) is 11.5 Å². The Morgan fingerprint density at radius 1 is 1.21 bits per heavy atom. The molecule has 0 saturated heterocycles. The predicted octanol–water partition coefficient (Wildman–Crippen LogP) is 3.37. The average Bonchev–Trinajstić information content (AvgIpc) is 2.42. The quantitative estimate of drug-likeness (QED) is 0.392. The van der Waals surface area contributed by atoms with Gasteiger partial charge in [0.25, 0.3) is 0 Å². The topological polar surface area (TPSA) is 67.8 Å². The van der Waals surface area contributed by atoms with E-state index in [-0.39, 0.29) is 17.1 Å². The summed E-state index contributed by atoms with van der Waals surface area (Å²) in [5.41, 5.74) is 5.64. The monoisotopic (exact) mass is 280 g/mol. The summed E-state index contributed by atoms with van der Waals surface area (Å²) in [6, 6.07) is 10.4. The molecule has 0 saturated carbocycles. The van der Waals surface area contributed by atoms with Crippen molar-refractivity contribution in [2.24, 2.45) is 10.9 Å². The third-order valence-corrected chi connectivity index (χ3v) is 2.62. The van der Waals surface area contributed by atoms with Crippen LogP contribution in [0.15, 0.2) is 47.6 Å². The van der Waals surface area contributed by atoms with E-state index in [0.29, 0.717) is 10.8 Å². The largest absolute Gasteiger partial charge is 0.457 e. The third-order valence-electron chi connectivity index (χ3n) is 2.37. The Kier molecular flexibility index (Phi) is 3.87. The molecular formula is C13H10ClFN2O2. The van der Waals surface area contributed by atoms with Crippen molar-refractivity contribution in [2.45, 2.75) is 0 Å². The minimum absolute atomic E-state index is 0.164. The summed E-state index contributed by atoms with van der Waals surface area (Å²) in [4.78, 5) is 0. The van der Waals surface area contributed by atoms with Crippen LogP contribution in [0.4, 0.5) is 4.39 Å². The third kappa shape index (κ3) is 3.14. The zero-order valence-electron chi connectivity index (χ0n) is 9.68. The van der Waals surface area contributed by atoms with Crippen LogP contribution in [-0.4, -0.2) is 11.0 Å². The van der Waals surface area contributed by atoms with Crippen LogP contribution < -0.4 is 10.5 Å². The van der Waals surface area contributed by atoms with Gasteiger partial charge in [-0.05, 0) is 42.5 Å². The lowest BCUT2D eigenvalue weighted by atomic mass is 10.2. The fourth-order valence-electron chi connectivity index (χ4n) is 1.47. The lowest BCUT2D eigenvalue weighted by Gasteiger charge is -2.10. The van der Waals surface area contributed by atoms with E-state index in [0.717, 1.165) is 6.07 Å². The molecule has 2 rings (SSSR count). The molecule has 0 aliphatic carbocycles. The summed E-state index contributed by atoms with van der Waals surface area (Å²) in [5.74, 6) is 0.0375. The fraction of sp³-hybridized carbons (Fsp3) is 0. The SMILES string of the molecule is NC(=NO)c1cc(F)ccc1Oc1ccc(Cl)cc1. The highest BCUT2D eigenvalue weighted by atomic mass is 35.5. The number of oxime groups is 1. The van der Waals surface area contributed by atoms with Crippen LogP contribution >= 0.6 is 11.6 Å². The second-order valence-corrected chi connectivity index (χ2v) is 4.12. The maximum absolute atomic E-state index is 13.2. The summed E-state index contributed by atoms with van der Waals surface area (Å²) in [6.07, 6.45) is 0. The molecule has 2 aromatic rings. The van der Waals surface area contributed by atoms with E-state index in [1.54, 1.807) is 24.3 Å². The molecule has 0 radical (unpaired) electrons. The van der Waals surface area contributed by atoms with Gasteiger partial charge in [-0.3, -0.25) is 0 Å². The van der Waals surface area contributed by atoms with Gasteiger partial charge in [0.1, 0.15) is 17.3 Å². The van der Waals surface area contributed by atoms with E-state index in [1.165, 1.54) is 12.1 Å². The van der Waals surface area contributed by atoms with Crippen LogP contribution in [0.5, 0.6) is 11.5 Å². The van der Waals surface area contributed by atoms with Gasteiger partial charge >= 0.3 is 0 Å². The average molecular weight is 281 g/mol. The number of hydrogen-bond donors (Lipinski definition) is 2. The fourth-order valence-corrected chi connectivity index (χ4v) is 1.60. The number of amidine groups is 1. The Balaban J connectivity index is 2.37. The standard InChI is InChI=1S/C13H10ClFN2O2/c14-8-1-4-10(5-2-8)19-12-6-3-9(15)7-11(12)13(16)17-18/h1-7,18H,(H2,16,17). The highest BCUT2D eigenvalue weighted by molar-refractivity contribution is 6.30. The van der Waals surface area contributed by atoms with Crippen molar-refractivity contribution in [3.63, 3.8) is 0 Å². The first-order chi connectivity index (χ1) is 9.10. The summed E-state index contributed by atoms with van der Waals surface area (Å²) < 4.78 is 18.7. The van der Waals surface area contributed by atoms with Gasteiger partial charge in [-0.25, -0.2) is 4.39 Å². The van der Waals surface area contributed by atoms with E-state index in [4.69, 9.17) is 27.3 Å². The highest BCUT2D eigenvalue weighted by Gasteiger charge is 2.11. The molecule has 0 atom stereocenters. The molecule has 0 spiro atoms. The Hall–Kier alpha value is -2.27. The first-order valence-corrected chi connectivity index (χ1v) is 5.69. The summed E-state index contributed by atoms with van der Waals surface area (Å²) in [5, 5.41) is 12.1. The zero-order valence-corrected chi connectivity index (χ0v) is 10.4. The van der Waals surface area contributed by atoms with E-state index < -0.39 is 5.82 Å². The first-order valence-electron chi connectivity index (χ1n) is 5.31. The molecule has 3 N–H and O–H groups in total. The summed E-state index contributed by atoms with van der Waals surface area (Å²) in [6.45, 7) is 0. The van der Waals surface area contributed by atoms with Crippen LogP contribution in [0.3, 0.4) is 0 Å². The minimum Gasteiger partial charge on any atom is -0.457 e. The van der Waals surface area contributed by atoms with Gasteiger partial charge in [0.05, 0.1) is 5.56 Å². The number of benzene rings is 2. The van der Waals surface area contributed by atoms with E-state index in [9.17, 15) is 4.39 Å². The summed E-state index contributed by atoms with van der Waals surface area (Å²) >= 11 is 5.76. The van der Waals surface area contributed by atoms with Crippen molar-refractivity contribution < 1.29 is 14.3 Å². The van der Waals surface area contributed by atoms with Crippen molar-refractivity contribution in [2.75, 3.05) is 0 Å².